The number of nitrogens with two attached hydrogens (primary N) is 1. The number of phosphoric acid groups is 1. The van der Waals surface area contributed by atoms with Crippen LogP contribution in [0.5, 0.6) is 0 Å². The molecule has 6 N–H and O–H groups in total. The van der Waals surface area contributed by atoms with Crippen LogP contribution in [0.25, 0.3) is 0 Å². The molecule has 1 aromatic rings. The van der Waals surface area contributed by atoms with Gasteiger partial charge < -0.3 is 30.7 Å². The summed E-state index contributed by atoms with van der Waals surface area (Å²) in [7, 11) is -4.69. The summed E-state index contributed by atoms with van der Waals surface area (Å²) in [6.07, 6.45) is 3.53. The lowest BCUT2D eigenvalue weighted by molar-refractivity contribution is -0.0449. The zero-order chi connectivity index (χ0) is 17.9. The molecule has 11 nitrogen and oxygen atoms in total. The first kappa shape index (κ1) is 18.4. The second-order valence-electron chi connectivity index (χ2n) is 5.01. The largest absolute Gasteiger partial charge is 0.469 e. The molecule has 0 amide bonds. The standard InChI is InChI=1S/C12H17N4O7P/c1-2-3-14-7-5-16(12(18)15-11(7)13)10-4-8(17)9(23-10)6-22-24(19,20)21/h1,5,8-10,14,17H,3-4,6H2,(H2,13,15,18)(H2,19,20,21)/t8-,9+,10+/m0/s1. The highest BCUT2D eigenvalue weighted by Gasteiger charge is 2.37. The van der Waals surface area contributed by atoms with Crippen molar-refractivity contribution in [2.24, 2.45) is 0 Å². The van der Waals surface area contributed by atoms with Crippen LogP contribution in [0.4, 0.5) is 11.5 Å². The van der Waals surface area contributed by atoms with E-state index in [2.05, 4.69) is 20.7 Å². The molecule has 0 bridgehead atoms. The number of aromatic nitrogens is 2. The normalized spacial score (nSPS) is 23.8. The number of rotatable bonds is 6. The molecule has 0 unspecified atom stereocenters. The smallest absolute Gasteiger partial charge is 0.390 e. The molecule has 1 saturated heterocycles. The van der Waals surface area contributed by atoms with E-state index in [4.69, 9.17) is 26.7 Å². The predicted octanol–water partition coefficient (Wildman–Crippen LogP) is -1.37. The number of hydrogen-bond acceptors (Lipinski definition) is 8. The second kappa shape index (κ2) is 7.31. The maximum atomic E-state index is 12.0. The van der Waals surface area contributed by atoms with Crippen molar-refractivity contribution in [3.8, 4) is 12.3 Å². The van der Waals surface area contributed by atoms with Gasteiger partial charge in [-0.25, -0.2) is 9.36 Å². The summed E-state index contributed by atoms with van der Waals surface area (Å²) < 4.78 is 21.6. The van der Waals surface area contributed by atoms with Gasteiger partial charge in [0, 0.05) is 12.6 Å². The van der Waals surface area contributed by atoms with Gasteiger partial charge in [0.25, 0.3) is 0 Å². The molecule has 12 heteroatoms. The Kier molecular flexibility index (Phi) is 5.61. The SMILES string of the molecule is C#CCNc1cn([C@H]2C[C@H](O)[C@@H](COP(=O)(O)O)O2)c(=O)nc1N. The summed E-state index contributed by atoms with van der Waals surface area (Å²) in [6.45, 7) is -0.363. The van der Waals surface area contributed by atoms with Gasteiger partial charge in [0.2, 0.25) is 0 Å². The fourth-order valence-corrected chi connectivity index (χ4v) is 2.52. The number of anilines is 2. The summed E-state index contributed by atoms with van der Waals surface area (Å²) in [5.41, 5.74) is 5.25. The van der Waals surface area contributed by atoms with Crippen LogP contribution in [-0.2, 0) is 13.8 Å². The van der Waals surface area contributed by atoms with Gasteiger partial charge in [0.15, 0.2) is 5.82 Å². The maximum absolute atomic E-state index is 12.0. The number of nitrogen functional groups attached to an aromatic ring is 1. The first-order valence-corrected chi connectivity index (χ1v) is 8.34. The van der Waals surface area contributed by atoms with Crippen LogP contribution in [0.3, 0.4) is 0 Å². The van der Waals surface area contributed by atoms with Gasteiger partial charge >= 0.3 is 13.5 Å². The van der Waals surface area contributed by atoms with Crippen LogP contribution in [0.1, 0.15) is 12.6 Å². The Bertz CT molecular complexity index is 740. The zero-order valence-corrected chi connectivity index (χ0v) is 13.3. The molecule has 3 atom stereocenters. The summed E-state index contributed by atoms with van der Waals surface area (Å²) >= 11 is 0. The maximum Gasteiger partial charge on any atom is 0.469 e. The fourth-order valence-electron chi connectivity index (χ4n) is 2.18. The minimum Gasteiger partial charge on any atom is -0.390 e. The Balaban J connectivity index is 2.16. The lowest BCUT2D eigenvalue weighted by Gasteiger charge is -2.17. The average molecular weight is 360 g/mol. The molecule has 2 rings (SSSR count). The Morgan fingerprint density at radius 3 is 2.96 bits per heavy atom. The highest BCUT2D eigenvalue weighted by molar-refractivity contribution is 7.46. The van der Waals surface area contributed by atoms with Crippen molar-refractivity contribution in [3.05, 3.63) is 16.7 Å². The number of aliphatic hydroxyl groups excluding tert-OH is 1. The minimum absolute atomic E-state index is 0.00920. The van der Waals surface area contributed by atoms with E-state index in [-0.39, 0.29) is 18.8 Å². The van der Waals surface area contributed by atoms with Gasteiger partial charge in [-0.15, -0.1) is 6.42 Å². The zero-order valence-electron chi connectivity index (χ0n) is 12.4. The third-order valence-electron chi connectivity index (χ3n) is 3.28. The van der Waals surface area contributed by atoms with Crippen molar-refractivity contribution < 1.29 is 28.7 Å². The van der Waals surface area contributed by atoms with E-state index >= 15 is 0 Å². The highest BCUT2D eigenvalue weighted by Crippen LogP contribution is 2.38. The quantitative estimate of drug-likeness (QED) is 0.301. The Hall–Kier alpha value is -1.93. The summed E-state index contributed by atoms with van der Waals surface area (Å²) in [5, 5.41) is 12.7. The third-order valence-corrected chi connectivity index (χ3v) is 3.77. The van der Waals surface area contributed by atoms with E-state index < -0.39 is 38.6 Å². The number of aliphatic hydroxyl groups is 1. The molecule has 0 spiro atoms. The van der Waals surface area contributed by atoms with Crippen LogP contribution in [0.15, 0.2) is 11.0 Å². The summed E-state index contributed by atoms with van der Waals surface area (Å²) in [4.78, 5) is 33.0. The Morgan fingerprint density at radius 2 is 2.33 bits per heavy atom. The second-order valence-corrected chi connectivity index (χ2v) is 6.25. The van der Waals surface area contributed by atoms with Crippen molar-refractivity contribution in [1.29, 1.82) is 0 Å². The van der Waals surface area contributed by atoms with Crippen molar-refractivity contribution in [2.75, 3.05) is 24.2 Å². The van der Waals surface area contributed by atoms with Crippen molar-refractivity contribution in [3.63, 3.8) is 0 Å². The lowest BCUT2D eigenvalue weighted by atomic mass is 10.2. The monoisotopic (exact) mass is 360 g/mol. The van der Waals surface area contributed by atoms with Crippen LogP contribution in [-0.4, -0.2) is 49.8 Å². The molecular weight excluding hydrogens is 343 g/mol. The topological polar surface area (TPSA) is 169 Å². The van der Waals surface area contributed by atoms with E-state index in [1.165, 1.54) is 6.20 Å². The number of phosphoric ester groups is 1. The number of nitrogens with zero attached hydrogens (tertiary/aromatic N) is 2. The minimum atomic E-state index is -4.69. The Morgan fingerprint density at radius 1 is 1.62 bits per heavy atom. The molecule has 2 heterocycles. The van der Waals surface area contributed by atoms with Gasteiger partial charge in [-0.3, -0.25) is 9.09 Å². The van der Waals surface area contributed by atoms with Crippen LogP contribution in [0.2, 0.25) is 0 Å². The number of ether oxygens (including phenoxy) is 1. The van der Waals surface area contributed by atoms with Crippen LogP contribution < -0.4 is 16.7 Å². The molecule has 0 aliphatic carbocycles. The van der Waals surface area contributed by atoms with Crippen molar-refractivity contribution in [1.82, 2.24) is 9.55 Å². The Labute approximate surface area is 136 Å². The molecule has 1 fully saturated rings. The highest BCUT2D eigenvalue weighted by atomic mass is 31.2. The van der Waals surface area contributed by atoms with Crippen molar-refractivity contribution >= 4 is 19.3 Å². The molecule has 132 valence electrons. The van der Waals surface area contributed by atoms with Gasteiger partial charge in [-0.1, -0.05) is 5.92 Å². The molecule has 1 aromatic heterocycles. The molecular formula is C12H17N4O7P. The number of nitrogens with one attached hydrogen (secondary N) is 1. The molecule has 1 aliphatic rings. The number of terminal acetylenes is 1. The van der Waals surface area contributed by atoms with E-state index in [0.29, 0.717) is 5.69 Å². The van der Waals surface area contributed by atoms with E-state index in [1.807, 2.05) is 0 Å². The lowest BCUT2D eigenvalue weighted by Crippen LogP contribution is -2.29. The van der Waals surface area contributed by atoms with E-state index in [0.717, 1.165) is 4.57 Å². The summed E-state index contributed by atoms with van der Waals surface area (Å²) in [5.74, 6) is 2.31. The third kappa shape index (κ3) is 4.55. The molecule has 24 heavy (non-hydrogen) atoms. The first-order chi connectivity index (χ1) is 11.2. The van der Waals surface area contributed by atoms with Gasteiger partial charge in [-0.2, -0.15) is 4.98 Å². The van der Waals surface area contributed by atoms with Crippen LogP contribution >= 0.6 is 7.82 Å². The molecule has 0 aromatic carbocycles. The molecule has 1 aliphatic heterocycles. The molecule has 0 saturated carbocycles. The van der Waals surface area contributed by atoms with E-state index in [9.17, 15) is 14.5 Å². The number of hydrogen-bond donors (Lipinski definition) is 5. The summed E-state index contributed by atoms with van der Waals surface area (Å²) in [6, 6.07) is 0. The van der Waals surface area contributed by atoms with E-state index in [1.54, 1.807) is 0 Å². The fraction of sp³-hybridized carbons (Fsp3) is 0.500. The molecule has 0 radical (unpaired) electrons. The van der Waals surface area contributed by atoms with Gasteiger partial charge in [0.05, 0.1) is 24.9 Å². The predicted molar refractivity (Wildman–Crippen MR) is 82.8 cm³/mol. The van der Waals surface area contributed by atoms with Crippen molar-refractivity contribution in [2.45, 2.75) is 24.9 Å². The van der Waals surface area contributed by atoms with Crippen LogP contribution in [0, 0.1) is 12.3 Å². The average Bonchev–Trinajstić information content (AvgIpc) is 2.84. The van der Waals surface area contributed by atoms with Gasteiger partial charge in [-0.05, 0) is 0 Å². The first-order valence-electron chi connectivity index (χ1n) is 6.81. The van der Waals surface area contributed by atoms with Gasteiger partial charge in [0.1, 0.15) is 12.3 Å².